The van der Waals surface area contributed by atoms with Gasteiger partial charge in [-0.15, -0.1) is 0 Å². The number of aliphatic imine (C=N–C) groups is 2. The van der Waals surface area contributed by atoms with Crippen molar-refractivity contribution in [1.29, 1.82) is 0 Å². The molecule has 13 nitrogen and oxygen atoms in total. The first-order chi connectivity index (χ1) is 23.7. The molecular weight excluding hydrogens is 631 g/mol. The highest BCUT2D eigenvalue weighted by molar-refractivity contribution is 6.04. The minimum absolute atomic E-state index is 0.105. The number of benzene rings is 2. The summed E-state index contributed by atoms with van der Waals surface area (Å²) in [7, 11) is 1.53. The fraction of sp³-hybridized carbons (Fsp3) is 0.257. The van der Waals surface area contributed by atoms with Crippen molar-refractivity contribution in [2.45, 2.75) is 37.8 Å². The SMILES string of the molecule is COc1ccc(C(=O)Nc2ccc(CC[C@H]3COC(N)=N3)cc2)cn1.NC1=N[C@@H](CCc2ccc(NC(=O)c3ccc(F)cn3)cc2)CO1. The third-order valence-electron chi connectivity index (χ3n) is 7.59. The van der Waals surface area contributed by atoms with E-state index in [0.717, 1.165) is 43.1 Å². The van der Waals surface area contributed by atoms with Gasteiger partial charge in [-0.05, 0) is 79.3 Å². The van der Waals surface area contributed by atoms with Crippen molar-refractivity contribution in [3.05, 3.63) is 113 Å². The van der Waals surface area contributed by atoms with E-state index in [1.165, 1.54) is 31.0 Å². The smallest absolute Gasteiger partial charge is 0.282 e. The molecule has 2 atom stereocenters. The maximum absolute atomic E-state index is 12.8. The molecule has 14 heteroatoms. The lowest BCUT2D eigenvalue weighted by molar-refractivity contribution is 0.101. The number of aryl methyl sites for hydroxylation is 2. The lowest BCUT2D eigenvalue weighted by Gasteiger charge is -2.08. The summed E-state index contributed by atoms with van der Waals surface area (Å²) in [4.78, 5) is 40.4. The molecule has 0 saturated heterocycles. The number of carbonyl (C=O) groups excluding carboxylic acids is 2. The van der Waals surface area contributed by atoms with E-state index in [4.69, 9.17) is 25.7 Å². The summed E-state index contributed by atoms with van der Waals surface area (Å²) in [6.45, 7) is 1.08. The van der Waals surface area contributed by atoms with Crippen molar-refractivity contribution in [2.75, 3.05) is 31.0 Å². The Labute approximate surface area is 282 Å². The summed E-state index contributed by atoms with van der Waals surface area (Å²) in [6.07, 6.45) is 5.95. The highest BCUT2D eigenvalue weighted by atomic mass is 19.1. The summed E-state index contributed by atoms with van der Waals surface area (Å²) >= 11 is 0. The maximum Gasteiger partial charge on any atom is 0.282 e. The van der Waals surface area contributed by atoms with Crippen molar-refractivity contribution in [3.63, 3.8) is 0 Å². The minimum Gasteiger partial charge on any atom is -0.481 e. The van der Waals surface area contributed by atoms with Crippen molar-refractivity contribution in [3.8, 4) is 5.88 Å². The zero-order valence-electron chi connectivity index (χ0n) is 26.8. The number of nitrogens with two attached hydrogens (primary N) is 2. The van der Waals surface area contributed by atoms with Crippen LogP contribution in [0.4, 0.5) is 15.8 Å². The van der Waals surface area contributed by atoms with Gasteiger partial charge in [0.1, 0.15) is 24.7 Å². The molecular formula is C35H37FN8O5. The van der Waals surface area contributed by atoms with E-state index in [1.807, 2.05) is 48.5 Å². The fourth-order valence-corrected chi connectivity index (χ4v) is 4.89. The number of carbonyl (C=O) groups is 2. The number of halogens is 1. The Kier molecular flexibility index (Phi) is 11.7. The van der Waals surface area contributed by atoms with Gasteiger partial charge in [0.25, 0.3) is 23.9 Å². The summed E-state index contributed by atoms with van der Waals surface area (Å²) in [5.74, 6) is -0.596. The van der Waals surface area contributed by atoms with Crippen LogP contribution >= 0.6 is 0 Å². The van der Waals surface area contributed by atoms with Crippen LogP contribution in [0.2, 0.25) is 0 Å². The number of pyridine rings is 2. The average molecular weight is 669 g/mol. The second-order valence-corrected chi connectivity index (χ2v) is 11.2. The van der Waals surface area contributed by atoms with Crippen LogP contribution in [0.1, 0.15) is 44.8 Å². The topological polar surface area (TPSA) is 188 Å². The Morgan fingerprint density at radius 2 is 1.31 bits per heavy atom. The monoisotopic (exact) mass is 668 g/mol. The van der Waals surface area contributed by atoms with E-state index in [0.29, 0.717) is 30.3 Å². The number of hydrogen-bond donors (Lipinski definition) is 4. The number of ether oxygens (including phenoxy) is 3. The molecule has 0 fully saturated rings. The third kappa shape index (κ3) is 10.5. The van der Waals surface area contributed by atoms with E-state index in [2.05, 4.69) is 30.6 Å². The van der Waals surface area contributed by atoms with Crippen molar-refractivity contribution in [2.24, 2.45) is 21.5 Å². The lowest BCUT2D eigenvalue weighted by atomic mass is 10.1. The molecule has 49 heavy (non-hydrogen) atoms. The van der Waals surface area contributed by atoms with E-state index in [-0.39, 0.29) is 41.6 Å². The third-order valence-corrected chi connectivity index (χ3v) is 7.59. The molecule has 0 aliphatic carbocycles. The van der Waals surface area contributed by atoms with Crippen LogP contribution < -0.4 is 26.8 Å². The van der Waals surface area contributed by atoms with E-state index >= 15 is 0 Å². The summed E-state index contributed by atoms with van der Waals surface area (Å²) in [6, 6.07) is 21.9. The zero-order chi connectivity index (χ0) is 34.6. The van der Waals surface area contributed by atoms with Crippen LogP contribution in [0.5, 0.6) is 5.88 Å². The van der Waals surface area contributed by atoms with Gasteiger partial charge in [0, 0.05) is 23.6 Å². The molecule has 0 bridgehead atoms. The van der Waals surface area contributed by atoms with Gasteiger partial charge < -0.3 is 36.3 Å². The summed E-state index contributed by atoms with van der Waals surface area (Å²) in [5.41, 5.74) is 15.3. The van der Waals surface area contributed by atoms with E-state index in [9.17, 15) is 14.0 Å². The van der Waals surface area contributed by atoms with Crippen LogP contribution in [0.3, 0.4) is 0 Å². The first-order valence-electron chi connectivity index (χ1n) is 15.6. The number of rotatable bonds is 11. The molecule has 0 unspecified atom stereocenters. The molecule has 0 saturated carbocycles. The van der Waals surface area contributed by atoms with Gasteiger partial charge in [0.05, 0.1) is 31.0 Å². The Morgan fingerprint density at radius 1 is 0.755 bits per heavy atom. The van der Waals surface area contributed by atoms with Gasteiger partial charge in [-0.25, -0.2) is 24.3 Å². The molecule has 6 rings (SSSR count). The van der Waals surface area contributed by atoms with Gasteiger partial charge >= 0.3 is 0 Å². The van der Waals surface area contributed by atoms with Crippen molar-refractivity contribution in [1.82, 2.24) is 9.97 Å². The van der Waals surface area contributed by atoms with E-state index in [1.54, 1.807) is 12.1 Å². The Bertz CT molecular complexity index is 1770. The maximum atomic E-state index is 12.8. The molecule has 2 aliphatic rings. The second-order valence-electron chi connectivity index (χ2n) is 11.2. The zero-order valence-corrected chi connectivity index (χ0v) is 26.8. The number of anilines is 2. The highest BCUT2D eigenvalue weighted by Gasteiger charge is 2.17. The first-order valence-corrected chi connectivity index (χ1v) is 15.6. The number of amides is 2. The summed E-state index contributed by atoms with van der Waals surface area (Å²) in [5, 5.41) is 5.57. The van der Waals surface area contributed by atoms with Crippen LogP contribution in [-0.2, 0) is 22.3 Å². The molecule has 6 N–H and O–H groups in total. The van der Waals surface area contributed by atoms with Crippen LogP contribution in [0.15, 0.2) is 95.2 Å². The lowest BCUT2D eigenvalue weighted by Crippen LogP contribution is -2.13. The van der Waals surface area contributed by atoms with Gasteiger partial charge in [0.15, 0.2) is 0 Å². The molecule has 0 spiro atoms. The van der Waals surface area contributed by atoms with Crippen molar-refractivity contribution >= 4 is 35.2 Å². The average Bonchev–Trinajstić information content (AvgIpc) is 3.75. The quantitative estimate of drug-likeness (QED) is 0.182. The number of methoxy groups -OCH3 is 1. The molecule has 4 heterocycles. The molecule has 2 aliphatic heterocycles. The minimum atomic E-state index is -0.477. The number of aromatic nitrogens is 2. The number of nitrogens with zero attached hydrogens (tertiary/aromatic N) is 4. The normalized spacial score (nSPS) is 16.2. The molecule has 0 radical (unpaired) electrons. The fourth-order valence-electron chi connectivity index (χ4n) is 4.89. The molecule has 4 aromatic rings. The second kappa shape index (κ2) is 16.7. The Hall–Kier alpha value is -6.05. The molecule has 254 valence electrons. The predicted octanol–water partition coefficient (Wildman–Crippen LogP) is 4.11. The molecule has 2 aromatic heterocycles. The largest absolute Gasteiger partial charge is 0.481 e. The number of hydrogen-bond acceptors (Lipinski definition) is 11. The van der Waals surface area contributed by atoms with Gasteiger partial charge in [0.2, 0.25) is 5.88 Å². The highest BCUT2D eigenvalue weighted by Crippen LogP contribution is 2.17. The number of amidine groups is 2. The summed E-state index contributed by atoms with van der Waals surface area (Å²) < 4.78 is 28.0. The Morgan fingerprint density at radius 3 is 1.73 bits per heavy atom. The van der Waals surface area contributed by atoms with Gasteiger partial charge in [-0.2, -0.15) is 0 Å². The Balaban J connectivity index is 0.000000191. The first kappa shape index (κ1) is 34.3. The van der Waals surface area contributed by atoms with Crippen LogP contribution in [-0.4, -0.2) is 66.2 Å². The predicted molar refractivity (Wildman–Crippen MR) is 183 cm³/mol. The van der Waals surface area contributed by atoms with Gasteiger partial charge in [-0.1, -0.05) is 24.3 Å². The van der Waals surface area contributed by atoms with Crippen LogP contribution in [0.25, 0.3) is 0 Å². The van der Waals surface area contributed by atoms with Crippen molar-refractivity contribution < 1.29 is 28.2 Å². The number of nitrogens with one attached hydrogen (secondary N) is 2. The molecule has 2 amide bonds. The van der Waals surface area contributed by atoms with Gasteiger partial charge in [-0.3, -0.25) is 9.59 Å². The molecule has 2 aromatic carbocycles. The van der Waals surface area contributed by atoms with Crippen LogP contribution in [0, 0.1) is 5.82 Å². The standard InChI is InChI=1S/C18H20N4O3.C17H17FN4O2/c1-24-16-9-5-13(10-20-16)17(23)21-14-6-2-12(3-7-14)4-8-15-11-25-18(19)22-15;18-12-4-8-15(20-9-12)16(23)21-13-5-1-11(2-6-13)3-7-14-10-24-17(19)22-14/h2-3,5-7,9-10,15H,4,8,11H2,1H3,(H2,19,22)(H,21,23);1-2,4-6,8-9,14H,3,7,10H2,(H2,19,22)(H,21,23)/t15-;14-/m00/s1. The van der Waals surface area contributed by atoms with E-state index < -0.39 is 5.82 Å².